The van der Waals surface area contributed by atoms with Crippen LogP contribution in [-0.4, -0.2) is 39.5 Å². The standard InChI is InChI=1S/C20H15N3O4/c24-7-1-2-12-9(3-7)14-11-6-21-20(27)16(11)15-10-4-8(25)5-13(26)17(10)23-19(15)18(14)22-12/h1-3,5,17,19,22-25H,4,6H2,(H,21,27). The predicted octanol–water partition coefficient (Wildman–Crippen LogP) is 1.49. The van der Waals surface area contributed by atoms with E-state index in [-0.39, 0.29) is 35.7 Å². The highest BCUT2D eigenvalue weighted by Gasteiger charge is 2.48. The van der Waals surface area contributed by atoms with E-state index in [4.69, 9.17) is 0 Å². The van der Waals surface area contributed by atoms with Crippen LogP contribution >= 0.6 is 0 Å². The molecule has 0 radical (unpaired) electrons. The molecule has 5 N–H and O–H groups in total. The third-order valence-electron chi connectivity index (χ3n) is 5.91. The maximum atomic E-state index is 12.7. The lowest BCUT2D eigenvalue weighted by molar-refractivity contribution is -0.117. The number of fused-ring (bicyclic) bond motifs is 8. The van der Waals surface area contributed by atoms with Gasteiger partial charge in [0.15, 0.2) is 5.78 Å². The van der Waals surface area contributed by atoms with Crippen molar-refractivity contribution in [2.24, 2.45) is 0 Å². The molecule has 0 bridgehead atoms. The number of allylic oxidation sites excluding steroid dienone is 1. The zero-order chi connectivity index (χ0) is 18.4. The number of carbonyl (C=O) groups is 2. The predicted molar refractivity (Wildman–Crippen MR) is 96.9 cm³/mol. The Hall–Kier alpha value is -3.32. The van der Waals surface area contributed by atoms with Gasteiger partial charge in [-0.3, -0.25) is 14.9 Å². The monoisotopic (exact) mass is 361 g/mol. The van der Waals surface area contributed by atoms with Crippen molar-refractivity contribution in [3.63, 3.8) is 0 Å². The summed E-state index contributed by atoms with van der Waals surface area (Å²) in [7, 11) is 0. The summed E-state index contributed by atoms with van der Waals surface area (Å²) >= 11 is 0. The number of aromatic hydroxyl groups is 1. The van der Waals surface area contributed by atoms with Gasteiger partial charge in [0.05, 0.1) is 23.4 Å². The molecule has 7 heteroatoms. The molecule has 2 aromatic rings. The third kappa shape index (κ3) is 1.74. The first-order valence-corrected chi connectivity index (χ1v) is 8.82. The number of benzene rings is 1. The number of aliphatic hydroxyl groups excluding tert-OH is 1. The zero-order valence-corrected chi connectivity index (χ0v) is 14.1. The van der Waals surface area contributed by atoms with Gasteiger partial charge in [-0.1, -0.05) is 0 Å². The van der Waals surface area contributed by atoms with Crippen molar-refractivity contribution < 1.29 is 19.8 Å². The van der Waals surface area contributed by atoms with Gasteiger partial charge in [-0.25, -0.2) is 0 Å². The van der Waals surface area contributed by atoms with E-state index < -0.39 is 6.04 Å². The molecule has 1 aromatic heterocycles. The highest BCUT2D eigenvalue weighted by molar-refractivity contribution is 6.15. The lowest BCUT2D eigenvalue weighted by Crippen LogP contribution is -2.36. The first kappa shape index (κ1) is 14.8. The summed E-state index contributed by atoms with van der Waals surface area (Å²) in [5, 5.41) is 27.0. The van der Waals surface area contributed by atoms with Gasteiger partial charge >= 0.3 is 0 Å². The average Bonchev–Trinajstić information content (AvgIpc) is 3.28. The quantitative estimate of drug-likeness (QED) is 0.488. The number of phenolic OH excluding ortho intramolecular Hbond substituents is 1. The number of hydrogen-bond donors (Lipinski definition) is 5. The second-order valence-electron chi connectivity index (χ2n) is 7.37. The van der Waals surface area contributed by atoms with Crippen molar-refractivity contribution >= 4 is 28.2 Å². The summed E-state index contributed by atoms with van der Waals surface area (Å²) in [5.74, 6) is -0.188. The summed E-state index contributed by atoms with van der Waals surface area (Å²) in [6, 6.07) is 4.25. The Morgan fingerprint density at radius 3 is 2.81 bits per heavy atom. The van der Waals surface area contributed by atoms with Crippen LogP contribution in [0.1, 0.15) is 23.7 Å². The first-order chi connectivity index (χ1) is 13.0. The minimum atomic E-state index is -0.534. The highest BCUT2D eigenvalue weighted by atomic mass is 16.3. The number of H-pyrrole nitrogens is 1. The smallest absolute Gasteiger partial charge is 0.252 e. The van der Waals surface area contributed by atoms with Crippen molar-refractivity contribution in [2.45, 2.75) is 18.5 Å². The molecule has 0 spiro atoms. The van der Waals surface area contributed by atoms with Crippen LogP contribution in [0.2, 0.25) is 0 Å². The van der Waals surface area contributed by atoms with Crippen molar-refractivity contribution in [2.75, 3.05) is 6.54 Å². The summed E-state index contributed by atoms with van der Waals surface area (Å²) in [4.78, 5) is 28.5. The normalized spacial score (nSPS) is 26.0. The van der Waals surface area contributed by atoms with Crippen LogP contribution in [0.15, 0.2) is 46.8 Å². The SMILES string of the molecule is O=C1NCC2=C1C1=C3CC(O)=CC(=O)C3NC1c1[nH]c3ccc(O)cc3c12. The number of ketones is 1. The van der Waals surface area contributed by atoms with Gasteiger partial charge in [-0.2, -0.15) is 0 Å². The van der Waals surface area contributed by atoms with Crippen LogP contribution in [0, 0.1) is 0 Å². The minimum Gasteiger partial charge on any atom is -0.512 e. The van der Waals surface area contributed by atoms with Gasteiger partial charge in [0, 0.05) is 41.2 Å². The van der Waals surface area contributed by atoms with E-state index in [0.717, 1.165) is 38.9 Å². The molecule has 0 saturated heterocycles. The van der Waals surface area contributed by atoms with Crippen molar-refractivity contribution in [3.8, 4) is 5.75 Å². The van der Waals surface area contributed by atoms with Gasteiger partial charge in [-0.15, -0.1) is 0 Å². The molecule has 0 saturated carbocycles. The van der Waals surface area contributed by atoms with E-state index in [2.05, 4.69) is 15.6 Å². The summed E-state index contributed by atoms with van der Waals surface area (Å²) in [6.07, 6.45) is 1.52. The summed E-state index contributed by atoms with van der Waals surface area (Å²) in [6.45, 7) is 0.397. The van der Waals surface area contributed by atoms with Crippen LogP contribution in [0.4, 0.5) is 0 Å². The largest absolute Gasteiger partial charge is 0.512 e. The van der Waals surface area contributed by atoms with Gasteiger partial charge in [-0.05, 0) is 34.9 Å². The Bertz CT molecular complexity index is 1200. The Kier molecular flexibility index (Phi) is 2.57. The molecule has 134 valence electrons. The lowest BCUT2D eigenvalue weighted by Gasteiger charge is -2.23. The van der Waals surface area contributed by atoms with Crippen molar-refractivity contribution in [1.29, 1.82) is 0 Å². The fourth-order valence-electron chi connectivity index (χ4n) is 4.89. The first-order valence-electron chi connectivity index (χ1n) is 8.82. The number of hydrogen-bond acceptors (Lipinski definition) is 5. The molecular formula is C20H15N3O4. The van der Waals surface area contributed by atoms with Crippen LogP contribution in [0.25, 0.3) is 16.5 Å². The molecule has 3 heterocycles. The van der Waals surface area contributed by atoms with Gasteiger partial charge in [0.1, 0.15) is 5.75 Å². The average molecular weight is 361 g/mol. The molecule has 1 amide bonds. The summed E-state index contributed by atoms with van der Waals surface area (Å²) in [5.41, 5.74) is 5.66. The Morgan fingerprint density at radius 1 is 1.11 bits per heavy atom. The number of nitrogens with one attached hydrogen (secondary N) is 3. The van der Waals surface area contributed by atoms with Crippen LogP contribution in [-0.2, 0) is 9.59 Å². The molecule has 0 fully saturated rings. The van der Waals surface area contributed by atoms with Crippen molar-refractivity contribution in [3.05, 3.63) is 58.0 Å². The maximum absolute atomic E-state index is 12.7. The van der Waals surface area contributed by atoms with E-state index in [1.54, 1.807) is 18.2 Å². The molecule has 2 unspecified atom stereocenters. The zero-order valence-electron chi connectivity index (χ0n) is 14.1. The van der Waals surface area contributed by atoms with E-state index >= 15 is 0 Å². The van der Waals surface area contributed by atoms with Crippen LogP contribution in [0.5, 0.6) is 5.75 Å². The number of amides is 1. The molecule has 7 nitrogen and oxygen atoms in total. The molecule has 2 aliphatic heterocycles. The van der Waals surface area contributed by atoms with Gasteiger partial charge < -0.3 is 20.5 Å². The van der Waals surface area contributed by atoms with E-state index in [1.165, 1.54) is 6.08 Å². The Labute approximate surface area is 153 Å². The molecule has 2 atom stereocenters. The Morgan fingerprint density at radius 2 is 1.96 bits per heavy atom. The fraction of sp³-hybridized carbons (Fsp3) is 0.200. The van der Waals surface area contributed by atoms with Crippen LogP contribution in [0.3, 0.4) is 0 Å². The number of carbonyl (C=O) groups excluding carboxylic acids is 2. The number of aliphatic hydroxyl groups is 1. The van der Waals surface area contributed by atoms with Gasteiger partial charge in [0.2, 0.25) is 0 Å². The summed E-state index contributed by atoms with van der Waals surface area (Å²) < 4.78 is 0. The molecule has 4 aliphatic rings. The van der Waals surface area contributed by atoms with Crippen molar-refractivity contribution in [1.82, 2.24) is 15.6 Å². The Balaban J connectivity index is 1.69. The second kappa shape index (κ2) is 4.69. The van der Waals surface area contributed by atoms with E-state index in [9.17, 15) is 19.8 Å². The molecule has 1 aromatic carbocycles. The topological polar surface area (TPSA) is 114 Å². The van der Waals surface area contributed by atoms with E-state index in [1.807, 2.05) is 0 Å². The second-order valence-corrected chi connectivity index (χ2v) is 7.37. The number of rotatable bonds is 0. The minimum absolute atomic E-state index is 0.0223. The van der Waals surface area contributed by atoms with Crippen LogP contribution < -0.4 is 10.6 Å². The van der Waals surface area contributed by atoms with E-state index in [0.29, 0.717) is 12.1 Å². The van der Waals surface area contributed by atoms with Gasteiger partial charge in [0.25, 0.3) is 5.91 Å². The molecular weight excluding hydrogens is 346 g/mol. The molecule has 2 aliphatic carbocycles. The number of aromatic amines is 1. The number of phenols is 1. The number of aromatic nitrogens is 1. The highest BCUT2D eigenvalue weighted by Crippen LogP contribution is 2.51. The lowest BCUT2D eigenvalue weighted by atomic mass is 9.80. The third-order valence-corrected chi connectivity index (χ3v) is 5.91. The maximum Gasteiger partial charge on any atom is 0.252 e. The fourth-order valence-corrected chi connectivity index (χ4v) is 4.89. The molecule has 6 rings (SSSR count). The molecule has 27 heavy (non-hydrogen) atoms.